The minimum absolute atomic E-state index is 0.0282. The highest BCUT2D eigenvalue weighted by atomic mass is 19.4. The number of hydrogen-bond acceptors (Lipinski definition) is 4. The summed E-state index contributed by atoms with van der Waals surface area (Å²) in [5.41, 5.74) is -1.57. The van der Waals surface area contributed by atoms with Crippen LogP contribution in [-0.4, -0.2) is 26.2 Å². The number of ether oxygens (including phenoxy) is 1. The molecule has 1 unspecified atom stereocenters. The number of nitrogens with zero attached hydrogens (tertiary/aromatic N) is 2. The summed E-state index contributed by atoms with van der Waals surface area (Å²) in [6.07, 6.45) is -3.12. The van der Waals surface area contributed by atoms with E-state index in [1.807, 2.05) is 0 Å². The van der Waals surface area contributed by atoms with Gasteiger partial charge in [-0.15, -0.1) is 0 Å². The molecule has 0 aliphatic carbocycles. The molecule has 1 aromatic carbocycles. The quantitative estimate of drug-likeness (QED) is 0.770. The van der Waals surface area contributed by atoms with Gasteiger partial charge < -0.3 is 9.64 Å². The maximum Gasteiger partial charge on any atom is 0.418 e. The van der Waals surface area contributed by atoms with E-state index < -0.39 is 17.2 Å². The molecule has 2 rings (SSSR count). The lowest BCUT2D eigenvalue weighted by molar-refractivity contribution is -0.154. The van der Waals surface area contributed by atoms with Crippen molar-refractivity contribution in [3.05, 3.63) is 29.3 Å². The number of anilines is 1. The number of carbonyl (C=O) groups is 1. The van der Waals surface area contributed by atoms with Gasteiger partial charge in [-0.05, 0) is 50.8 Å². The van der Waals surface area contributed by atoms with Crippen molar-refractivity contribution in [2.24, 2.45) is 11.3 Å². The molecule has 0 radical (unpaired) electrons. The summed E-state index contributed by atoms with van der Waals surface area (Å²) < 4.78 is 45.1. The zero-order chi connectivity index (χ0) is 18.8. The molecular weight excluding hydrogens is 333 g/mol. The van der Waals surface area contributed by atoms with Crippen LogP contribution in [0.3, 0.4) is 0 Å². The molecule has 1 aliphatic heterocycles. The van der Waals surface area contributed by atoms with Crippen LogP contribution in [0.4, 0.5) is 18.9 Å². The van der Waals surface area contributed by atoms with Crippen LogP contribution in [0.25, 0.3) is 0 Å². The molecule has 0 N–H and O–H groups in total. The van der Waals surface area contributed by atoms with E-state index >= 15 is 0 Å². The van der Waals surface area contributed by atoms with Crippen LogP contribution >= 0.6 is 0 Å². The number of esters is 1. The van der Waals surface area contributed by atoms with Gasteiger partial charge in [-0.3, -0.25) is 4.79 Å². The summed E-state index contributed by atoms with van der Waals surface area (Å²) in [6.45, 7) is 4.33. The maximum atomic E-state index is 13.4. The molecule has 0 spiro atoms. The number of hydrogen-bond donors (Lipinski definition) is 0. The third kappa shape index (κ3) is 3.89. The van der Waals surface area contributed by atoms with Crippen LogP contribution in [0.1, 0.15) is 37.8 Å². The molecule has 1 aromatic rings. The molecule has 4 nitrogen and oxygen atoms in total. The van der Waals surface area contributed by atoms with Gasteiger partial charge in [0.25, 0.3) is 0 Å². The third-order valence-corrected chi connectivity index (χ3v) is 4.93. The summed E-state index contributed by atoms with van der Waals surface area (Å²) in [4.78, 5) is 13.7. The first kappa shape index (κ1) is 19.1. The molecule has 0 saturated carbocycles. The number of rotatable bonds is 3. The van der Waals surface area contributed by atoms with Gasteiger partial charge in [0.15, 0.2) is 0 Å². The Kier molecular flexibility index (Phi) is 5.31. The second kappa shape index (κ2) is 6.95. The molecule has 25 heavy (non-hydrogen) atoms. The van der Waals surface area contributed by atoms with Gasteiger partial charge >= 0.3 is 12.1 Å². The minimum Gasteiger partial charge on any atom is -0.469 e. The van der Waals surface area contributed by atoms with E-state index in [1.54, 1.807) is 24.8 Å². The van der Waals surface area contributed by atoms with E-state index in [1.165, 1.54) is 19.2 Å². The predicted octanol–water partition coefficient (Wildman–Crippen LogP) is 3.99. The molecular formula is C18H21F3N2O2. The first-order valence-corrected chi connectivity index (χ1v) is 8.06. The summed E-state index contributed by atoms with van der Waals surface area (Å²) in [7, 11) is 1.31. The van der Waals surface area contributed by atoms with Gasteiger partial charge in [-0.2, -0.15) is 18.4 Å². The summed E-state index contributed by atoms with van der Waals surface area (Å²) in [5, 5.41) is 8.88. The average Bonchev–Trinajstić information content (AvgIpc) is 2.59. The molecule has 1 heterocycles. The van der Waals surface area contributed by atoms with Crippen LogP contribution in [0, 0.1) is 22.7 Å². The van der Waals surface area contributed by atoms with Crippen molar-refractivity contribution in [3.63, 3.8) is 0 Å². The lowest BCUT2D eigenvalue weighted by Gasteiger charge is -2.41. The van der Waals surface area contributed by atoms with Crippen LogP contribution in [0.2, 0.25) is 0 Å². The van der Waals surface area contributed by atoms with Crippen LogP contribution in [0.15, 0.2) is 18.2 Å². The molecule has 1 saturated heterocycles. The lowest BCUT2D eigenvalue weighted by Crippen LogP contribution is -2.45. The molecule has 7 heteroatoms. The first-order valence-electron chi connectivity index (χ1n) is 8.06. The predicted molar refractivity (Wildman–Crippen MR) is 86.9 cm³/mol. The number of alkyl halides is 3. The van der Waals surface area contributed by atoms with Crippen molar-refractivity contribution in [3.8, 4) is 6.07 Å². The Morgan fingerprint density at radius 2 is 2.04 bits per heavy atom. The standard InChI is InChI=1S/C18H21F3N2O2/c1-17(2,16(24)25-3)13-5-4-8-23(11-13)15-7-6-12(10-22)9-14(15)18(19,20)21/h6-7,9,13H,4-5,8,11H2,1-3H3. The first-order chi connectivity index (χ1) is 11.6. The van der Waals surface area contributed by atoms with E-state index in [-0.39, 0.29) is 23.1 Å². The van der Waals surface area contributed by atoms with E-state index in [0.717, 1.165) is 12.5 Å². The molecule has 1 atom stereocenters. The van der Waals surface area contributed by atoms with E-state index in [9.17, 15) is 18.0 Å². The van der Waals surface area contributed by atoms with Crippen LogP contribution in [0.5, 0.6) is 0 Å². The van der Waals surface area contributed by atoms with Crippen molar-refractivity contribution in [2.45, 2.75) is 32.9 Å². The SMILES string of the molecule is COC(=O)C(C)(C)C1CCCN(c2ccc(C#N)cc2C(F)(F)F)C1. The fourth-order valence-corrected chi connectivity index (χ4v) is 3.32. The second-order valence-corrected chi connectivity index (χ2v) is 6.84. The van der Waals surface area contributed by atoms with Gasteiger partial charge in [0.2, 0.25) is 0 Å². The summed E-state index contributed by atoms with van der Waals surface area (Å²) in [5.74, 6) is -0.486. The monoisotopic (exact) mass is 354 g/mol. The number of carbonyl (C=O) groups excluding carboxylic acids is 1. The Balaban J connectivity index is 2.36. The highest BCUT2D eigenvalue weighted by Gasteiger charge is 2.42. The van der Waals surface area contributed by atoms with Gasteiger partial charge in [-0.1, -0.05) is 0 Å². The summed E-state index contributed by atoms with van der Waals surface area (Å²) >= 11 is 0. The highest BCUT2D eigenvalue weighted by Crippen LogP contribution is 2.41. The largest absolute Gasteiger partial charge is 0.469 e. The Morgan fingerprint density at radius 1 is 1.36 bits per heavy atom. The third-order valence-electron chi connectivity index (χ3n) is 4.93. The van der Waals surface area contributed by atoms with E-state index in [2.05, 4.69) is 0 Å². The highest BCUT2D eigenvalue weighted by molar-refractivity contribution is 5.76. The Bertz CT molecular complexity index is 693. The number of methoxy groups -OCH3 is 1. The van der Waals surface area contributed by atoms with Gasteiger partial charge in [-0.25, -0.2) is 0 Å². The van der Waals surface area contributed by atoms with E-state index in [0.29, 0.717) is 19.5 Å². The second-order valence-electron chi connectivity index (χ2n) is 6.84. The van der Waals surface area contributed by atoms with Gasteiger partial charge in [0.05, 0.1) is 29.7 Å². The lowest BCUT2D eigenvalue weighted by atomic mass is 9.74. The van der Waals surface area contributed by atoms with Crippen LogP contribution < -0.4 is 4.90 Å². The van der Waals surface area contributed by atoms with Crippen molar-refractivity contribution < 1.29 is 22.7 Å². The number of benzene rings is 1. The van der Waals surface area contributed by atoms with Crippen molar-refractivity contribution in [1.29, 1.82) is 5.26 Å². The smallest absolute Gasteiger partial charge is 0.418 e. The van der Waals surface area contributed by atoms with Crippen molar-refractivity contribution >= 4 is 11.7 Å². The Labute approximate surface area is 145 Å². The Hall–Kier alpha value is -2.23. The normalized spacial score (nSPS) is 18.6. The molecule has 0 aromatic heterocycles. The average molecular weight is 354 g/mol. The molecule has 0 bridgehead atoms. The van der Waals surface area contributed by atoms with Gasteiger partial charge in [0, 0.05) is 18.8 Å². The van der Waals surface area contributed by atoms with Gasteiger partial charge in [0.1, 0.15) is 0 Å². The van der Waals surface area contributed by atoms with Crippen LogP contribution in [-0.2, 0) is 15.7 Å². The van der Waals surface area contributed by atoms with Crippen molar-refractivity contribution in [2.75, 3.05) is 25.1 Å². The van der Waals surface area contributed by atoms with Crippen molar-refractivity contribution in [1.82, 2.24) is 0 Å². The molecule has 136 valence electrons. The molecule has 0 amide bonds. The number of halogens is 3. The summed E-state index contributed by atoms with van der Waals surface area (Å²) in [6, 6.07) is 5.36. The maximum absolute atomic E-state index is 13.4. The zero-order valence-corrected chi connectivity index (χ0v) is 14.5. The molecule has 1 aliphatic rings. The van der Waals surface area contributed by atoms with E-state index in [4.69, 9.17) is 10.00 Å². The minimum atomic E-state index is -4.55. The fraction of sp³-hybridized carbons (Fsp3) is 0.556. The number of piperidine rings is 1. The fourth-order valence-electron chi connectivity index (χ4n) is 3.32. The number of nitriles is 1. The zero-order valence-electron chi connectivity index (χ0n) is 14.5. The Morgan fingerprint density at radius 3 is 2.60 bits per heavy atom. The topological polar surface area (TPSA) is 53.3 Å². The molecule has 1 fully saturated rings.